The fourth-order valence-corrected chi connectivity index (χ4v) is 8.67. The highest BCUT2D eigenvalue weighted by atomic mass is 31.2. The third-order valence-corrected chi connectivity index (χ3v) is 11.3. The number of amides is 2. The van der Waals surface area contributed by atoms with Crippen molar-refractivity contribution >= 4 is 14.6 Å². The first-order valence-electron chi connectivity index (χ1n) is 17.7. The molecule has 5 atom stereocenters. The zero-order valence-electron chi connectivity index (χ0n) is 31.6. The summed E-state index contributed by atoms with van der Waals surface area (Å²) in [4.78, 5) is 16.0. The van der Waals surface area contributed by atoms with Gasteiger partial charge in [-0.15, -0.1) is 0 Å². The minimum Gasteiger partial charge on any atom is -0.497 e. The number of carbonyl (C=O) groups is 1. The number of hydrogen-bond acceptors (Lipinski definition) is 8. The summed E-state index contributed by atoms with van der Waals surface area (Å²) in [5.41, 5.74) is 1.18. The molecule has 54 heavy (non-hydrogen) atoms. The SMILES string of the molecule is [C-]#[N+]CCOP(OC1[C@@H](COC(c2ccccc2)(c2ccc(OC)cc2)c2ccc(OC)cc2)C[C@@H](NC(=O)NC(F)(F)F)[C@H]1OC)N(C(C)C)C(C)C. The zero-order valence-corrected chi connectivity index (χ0v) is 32.5. The molecule has 3 aromatic rings. The predicted octanol–water partition coefficient (Wildman–Crippen LogP) is 7.90. The number of rotatable bonds is 18. The molecule has 1 aliphatic carbocycles. The number of hydrogen-bond donors (Lipinski definition) is 2. The minimum absolute atomic E-state index is 0.0190. The number of urea groups is 1. The van der Waals surface area contributed by atoms with Crippen molar-refractivity contribution in [1.29, 1.82) is 0 Å². The van der Waals surface area contributed by atoms with Gasteiger partial charge in [-0.05, 0) is 75.1 Å². The van der Waals surface area contributed by atoms with E-state index in [-0.39, 0.29) is 38.3 Å². The topological polar surface area (TPSA) is 104 Å². The van der Waals surface area contributed by atoms with Crippen LogP contribution in [0.4, 0.5) is 18.0 Å². The van der Waals surface area contributed by atoms with Crippen molar-refractivity contribution in [2.24, 2.45) is 5.92 Å². The van der Waals surface area contributed by atoms with Gasteiger partial charge < -0.3 is 38.2 Å². The highest BCUT2D eigenvalue weighted by Gasteiger charge is 2.50. The number of alkyl halides is 3. The Hall–Kier alpha value is -3.96. The second-order valence-electron chi connectivity index (χ2n) is 13.3. The first kappa shape index (κ1) is 42.8. The molecule has 1 fully saturated rings. The van der Waals surface area contributed by atoms with E-state index in [1.54, 1.807) is 14.2 Å². The van der Waals surface area contributed by atoms with Crippen molar-refractivity contribution in [2.45, 2.75) is 76.4 Å². The molecule has 11 nitrogen and oxygen atoms in total. The summed E-state index contributed by atoms with van der Waals surface area (Å²) in [6, 6.07) is 22.4. The van der Waals surface area contributed by atoms with Crippen LogP contribution in [0, 0.1) is 12.5 Å². The maximum Gasteiger partial charge on any atom is 0.485 e. The van der Waals surface area contributed by atoms with Gasteiger partial charge in [0.2, 0.25) is 6.54 Å². The Morgan fingerprint density at radius 1 is 0.870 bits per heavy atom. The van der Waals surface area contributed by atoms with Crippen LogP contribution in [0.5, 0.6) is 11.5 Å². The zero-order chi connectivity index (χ0) is 39.5. The van der Waals surface area contributed by atoms with Crippen molar-refractivity contribution in [3.05, 3.63) is 107 Å². The minimum atomic E-state index is -4.93. The van der Waals surface area contributed by atoms with Gasteiger partial charge in [0.05, 0.1) is 33.0 Å². The Balaban J connectivity index is 1.83. The summed E-state index contributed by atoms with van der Waals surface area (Å²) in [6.07, 6.45) is -6.48. The number of halogens is 3. The molecule has 1 saturated carbocycles. The summed E-state index contributed by atoms with van der Waals surface area (Å²) >= 11 is 0. The van der Waals surface area contributed by atoms with Crippen LogP contribution in [-0.4, -0.2) is 88.4 Å². The van der Waals surface area contributed by atoms with Crippen LogP contribution in [0.3, 0.4) is 0 Å². The van der Waals surface area contributed by atoms with E-state index in [2.05, 4.69) is 14.8 Å². The van der Waals surface area contributed by atoms with Crippen LogP contribution >= 0.6 is 8.53 Å². The van der Waals surface area contributed by atoms with Crippen LogP contribution < -0.4 is 20.1 Å². The number of ether oxygens (including phenoxy) is 4. The molecule has 2 amide bonds. The monoisotopic (exact) mass is 774 g/mol. The Morgan fingerprint density at radius 2 is 1.41 bits per heavy atom. The molecule has 0 aromatic heterocycles. The van der Waals surface area contributed by atoms with Crippen molar-refractivity contribution in [3.63, 3.8) is 0 Å². The first-order valence-corrected chi connectivity index (χ1v) is 18.8. The first-order chi connectivity index (χ1) is 25.8. The molecular formula is C39H50F3N4O7P. The van der Waals surface area contributed by atoms with Gasteiger partial charge in [-0.25, -0.2) is 21.4 Å². The number of methoxy groups -OCH3 is 3. The standard InChI is InChI=1S/C39H50F3N4O7P/c1-26(2)46(27(3)4)54(52-23-22-43-5)53-35-28(24-34(36(35)50-8)44-37(47)45-39(40,41)42)25-51-38(29-12-10-9-11-13-29,30-14-18-32(48-6)19-15-30)31-16-20-33(49-7)21-17-31/h9-21,26-28,34-36H,22-25H2,1-4,6-8H3,(H2,44,45,47)/t28-,34-,35?,36-,54?/m1/s1. The molecule has 15 heteroatoms. The van der Waals surface area contributed by atoms with E-state index in [1.807, 2.05) is 107 Å². The smallest absolute Gasteiger partial charge is 0.485 e. The summed E-state index contributed by atoms with van der Waals surface area (Å²) in [5, 5.41) is 3.50. The number of nitrogens with one attached hydrogen (secondary N) is 2. The van der Waals surface area contributed by atoms with Crippen molar-refractivity contribution < 1.29 is 46.0 Å². The van der Waals surface area contributed by atoms with Gasteiger partial charge >= 0.3 is 12.3 Å². The fourth-order valence-electron chi connectivity index (χ4n) is 6.87. The van der Waals surface area contributed by atoms with Gasteiger partial charge in [0.1, 0.15) is 29.8 Å². The highest BCUT2D eigenvalue weighted by molar-refractivity contribution is 7.44. The third kappa shape index (κ3) is 10.6. The van der Waals surface area contributed by atoms with Gasteiger partial charge in [0.15, 0.2) is 0 Å². The second-order valence-corrected chi connectivity index (χ2v) is 14.7. The molecule has 0 heterocycles. The van der Waals surface area contributed by atoms with Gasteiger partial charge in [0.25, 0.3) is 8.53 Å². The van der Waals surface area contributed by atoms with Crippen LogP contribution in [0.25, 0.3) is 4.85 Å². The molecule has 3 aromatic carbocycles. The number of carbonyl (C=O) groups excluding carboxylic acids is 1. The van der Waals surface area contributed by atoms with Crippen LogP contribution in [0.1, 0.15) is 50.8 Å². The van der Waals surface area contributed by atoms with Crippen molar-refractivity contribution in [1.82, 2.24) is 15.3 Å². The van der Waals surface area contributed by atoms with Crippen molar-refractivity contribution in [3.8, 4) is 11.5 Å². The lowest BCUT2D eigenvalue weighted by atomic mass is 9.79. The molecule has 0 saturated heterocycles. The Morgan fingerprint density at radius 3 is 1.87 bits per heavy atom. The van der Waals surface area contributed by atoms with E-state index < -0.39 is 50.6 Å². The average Bonchev–Trinajstić information content (AvgIpc) is 3.46. The third-order valence-electron chi connectivity index (χ3n) is 9.14. The summed E-state index contributed by atoms with van der Waals surface area (Å²) in [7, 11) is 2.79. The quantitative estimate of drug-likeness (QED) is 0.0442. The summed E-state index contributed by atoms with van der Waals surface area (Å²) in [5.74, 6) is 0.779. The van der Waals surface area contributed by atoms with Crippen LogP contribution in [0.2, 0.25) is 0 Å². The average molecular weight is 775 g/mol. The fraction of sp³-hybridized carbons (Fsp3) is 0.487. The molecule has 1 aliphatic rings. The van der Waals surface area contributed by atoms with E-state index in [4.69, 9.17) is 34.6 Å². The molecular weight excluding hydrogens is 724 g/mol. The normalized spacial score (nSPS) is 19.5. The van der Waals surface area contributed by atoms with E-state index >= 15 is 0 Å². The van der Waals surface area contributed by atoms with Gasteiger partial charge in [0, 0.05) is 25.1 Å². The second kappa shape index (κ2) is 19.6. The maximum atomic E-state index is 13.2. The maximum absolute atomic E-state index is 13.2. The van der Waals surface area contributed by atoms with E-state index in [0.29, 0.717) is 11.5 Å². The Bertz CT molecular complexity index is 1590. The van der Waals surface area contributed by atoms with E-state index in [0.717, 1.165) is 22.0 Å². The predicted molar refractivity (Wildman–Crippen MR) is 200 cm³/mol. The lowest BCUT2D eigenvalue weighted by Gasteiger charge is -2.40. The van der Waals surface area contributed by atoms with Gasteiger partial charge in [-0.2, -0.15) is 13.2 Å². The molecule has 2 N–H and O–H groups in total. The van der Waals surface area contributed by atoms with Crippen molar-refractivity contribution in [2.75, 3.05) is 41.1 Å². The molecule has 0 spiro atoms. The number of benzene rings is 3. The lowest BCUT2D eigenvalue weighted by Crippen LogP contribution is -2.51. The van der Waals surface area contributed by atoms with E-state index in [9.17, 15) is 18.0 Å². The molecule has 0 bridgehead atoms. The number of nitrogens with zero attached hydrogens (tertiary/aromatic N) is 2. The largest absolute Gasteiger partial charge is 0.497 e. The highest BCUT2D eigenvalue weighted by Crippen LogP contribution is 2.51. The van der Waals surface area contributed by atoms with Crippen LogP contribution in [-0.2, 0) is 24.1 Å². The Labute approximate surface area is 317 Å². The molecule has 0 radical (unpaired) electrons. The Kier molecular flexibility index (Phi) is 15.5. The molecule has 0 aliphatic heterocycles. The molecule has 2 unspecified atom stereocenters. The van der Waals surface area contributed by atoms with E-state index in [1.165, 1.54) is 7.11 Å². The van der Waals surface area contributed by atoms with Gasteiger partial charge in [-0.3, -0.25) is 0 Å². The molecule has 294 valence electrons. The summed E-state index contributed by atoms with van der Waals surface area (Å²) < 4.78 is 78.8. The lowest BCUT2D eigenvalue weighted by molar-refractivity contribution is -0.145. The van der Waals surface area contributed by atoms with Crippen LogP contribution in [0.15, 0.2) is 78.9 Å². The van der Waals surface area contributed by atoms with Gasteiger partial charge in [-0.1, -0.05) is 54.6 Å². The molecule has 4 rings (SSSR count). The summed E-state index contributed by atoms with van der Waals surface area (Å²) in [6.45, 7) is 15.5.